The number of alkyl halides is 3. The van der Waals surface area contributed by atoms with Gasteiger partial charge < -0.3 is 19.5 Å². The number of aryl methyl sites for hydroxylation is 1. The SMILES string of the molecule is Cc1cnc(N2CCC([C@H]3C[C@H]3CCOc3ccc(CC(=O)N4CCc5nc(C(F)(F)F)[nH]c5C4)c(F)c3)CC2)nc1. The van der Waals surface area contributed by atoms with Gasteiger partial charge in [-0.15, -0.1) is 0 Å². The number of piperidine rings is 1. The Bertz CT molecular complexity index is 1420. The minimum absolute atomic E-state index is 0.0114. The van der Waals surface area contributed by atoms with E-state index in [1.807, 2.05) is 19.3 Å². The van der Waals surface area contributed by atoms with Gasteiger partial charge in [-0.3, -0.25) is 4.79 Å². The van der Waals surface area contributed by atoms with Crippen LogP contribution in [0.3, 0.4) is 0 Å². The molecule has 3 aliphatic rings. The highest BCUT2D eigenvalue weighted by Crippen LogP contribution is 2.50. The number of ether oxygens (including phenoxy) is 1. The Hall–Kier alpha value is -3.70. The number of carbonyl (C=O) groups is 1. The van der Waals surface area contributed by atoms with E-state index in [-0.39, 0.29) is 43.1 Å². The fraction of sp³-hybridized carbons (Fsp3) is 0.533. The third-order valence-corrected chi connectivity index (χ3v) is 8.75. The van der Waals surface area contributed by atoms with Gasteiger partial charge in [-0.25, -0.2) is 19.3 Å². The van der Waals surface area contributed by atoms with Crippen molar-refractivity contribution in [1.82, 2.24) is 24.8 Å². The Labute approximate surface area is 241 Å². The highest BCUT2D eigenvalue weighted by molar-refractivity contribution is 5.79. The smallest absolute Gasteiger partial charge is 0.449 e. The number of halogens is 4. The molecule has 6 rings (SSSR count). The number of benzene rings is 1. The number of hydrogen-bond donors (Lipinski definition) is 1. The average Bonchev–Trinajstić information content (AvgIpc) is 3.60. The van der Waals surface area contributed by atoms with E-state index in [2.05, 4.69) is 24.8 Å². The van der Waals surface area contributed by atoms with Crippen molar-refractivity contribution in [1.29, 1.82) is 0 Å². The van der Waals surface area contributed by atoms with Gasteiger partial charge in [0.2, 0.25) is 17.7 Å². The number of nitrogens with one attached hydrogen (secondary N) is 1. The number of carbonyl (C=O) groups excluding carboxylic acids is 1. The number of rotatable bonds is 8. The highest BCUT2D eigenvalue weighted by Gasteiger charge is 2.43. The van der Waals surface area contributed by atoms with Crippen molar-refractivity contribution in [2.75, 3.05) is 31.1 Å². The summed E-state index contributed by atoms with van der Waals surface area (Å²) in [6.07, 6.45) is 3.59. The van der Waals surface area contributed by atoms with Gasteiger partial charge in [-0.2, -0.15) is 13.2 Å². The number of aromatic amines is 1. The van der Waals surface area contributed by atoms with Crippen molar-refractivity contribution < 1.29 is 27.1 Å². The van der Waals surface area contributed by atoms with E-state index in [1.165, 1.54) is 17.4 Å². The normalized spacial score (nSPS) is 20.9. The van der Waals surface area contributed by atoms with E-state index in [9.17, 15) is 22.4 Å². The van der Waals surface area contributed by atoms with Crippen molar-refractivity contribution in [3.05, 3.63) is 64.7 Å². The van der Waals surface area contributed by atoms with E-state index in [4.69, 9.17) is 4.74 Å². The first-order valence-corrected chi connectivity index (χ1v) is 14.5. The molecule has 2 fully saturated rings. The van der Waals surface area contributed by atoms with Gasteiger partial charge in [-0.1, -0.05) is 6.07 Å². The van der Waals surface area contributed by atoms with Crippen molar-refractivity contribution in [2.45, 2.75) is 58.2 Å². The Kier molecular flexibility index (Phi) is 7.80. The molecule has 0 bridgehead atoms. The number of nitrogens with zero attached hydrogens (tertiary/aromatic N) is 5. The minimum Gasteiger partial charge on any atom is -0.493 e. The monoisotopic (exact) mass is 586 g/mol. The average molecular weight is 587 g/mol. The fourth-order valence-corrected chi connectivity index (χ4v) is 6.26. The Morgan fingerprint density at radius 1 is 1.14 bits per heavy atom. The molecule has 224 valence electrons. The number of fused-ring (bicyclic) bond motifs is 1. The fourth-order valence-electron chi connectivity index (χ4n) is 6.26. The van der Waals surface area contributed by atoms with Crippen LogP contribution < -0.4 is 9.64 Å². The zero-order chi connectivity index (χ0) is 29.4. The van der Waals surface area contributed by atoms with E-state index in [0.717, 1.165) is 43.9 Å². The number of amides is 1. The van der Waals surface area contributed by atoms with E-state index in [1.54, 1.807) is 12.1 Å². The summed E-state index contributed by atoms with van der Waals surface area (Å²) < 4.78 is 59.5. The molecular weight excluding hydrogens is 552 g/mol. The second-order valence-corrected chi connectivity index (χ2v) is 11.7. The van der Waals surface area contributed by atoms with E-state index >= 15 is 0 Å². The topological polar surface area (TPSA) is 87.2 Å². The summed E-state index contributed by atoms with van der Waals surface area (Å²) in [5, 5.41) is 0. The van der Waals surface area contributed by atoms with Crippen LogP contribution in [-0.4, -0.2) is 57.0 Å². The van der Waals surface area contributed by atoms with Crippen molar-refractivity contribution in [3.8, 4) is 5.75 Å². The molecule has 1 N–H and O–H groups in total. The molecule has 12 heteroatoms. The van der Waals surface area contributed by atoms with Crippen LogP contribution in [0.1, 0.15) is 54.0 Å². The Morgan fingerprint density at radius 3 is 2.62 bits per heavy atom. The molecule has 8 nitrogen and oxygen atoms in total. The number of anilines is 1. The van der Waals surface area contributed by atoms with Crippen LogP contribution in [0.4, 0.5) is 23.5 Å². The quantitative estimate of drug-likeness (QED) is 0.369. The van der Waals surface area contributed by atoms with Gasteiger partial charge in [-0.05, 0) is 67.6 Å². The minimum atomic E-state index is -4.57. The number of H-pyrrole nitrogens is 1. The van der Waals surface area contributed by atoms with Crippen LogP contribution in [0.15, 0.2) is 30.6 Å². The lowest BCUT2D eigenvalue weighted by molar-refractivity contribution is -0.144. The predicted octanol–water partition coefficient (Wildman–Crippen LogP) is 5.12. The largest absolute Gasteiger partial charge is 0.493 e. The summed E-state index contributed by atoms with van der Waals surface area (Å²) in [6, 6.07) is 4.51. The molecule has 2 aromatic heterocycles. The number of imidazole rings is 1. The van der Waals surface area contributed by atoms with Gasteiger partial charge in [0, 0.05) is 44.5 Å². The zero-order valence-electron chi connectivity index (χ0n) is 23.5. The van der Waals surface area contributed by atoms with Gasteiger partial charge in [0.25, 0.3) is 0 Å². The van der Waals surface area contributed by atoms with Crippen molar-refractivity contribution >= 4 is 11.9 Å². The van der Waals surface area contributed by atoms with Gasteiger partial charge >= 0.3 is 6.18 Å². The standard InChI is InChI=1S/C30H34F4N6O2/c1-18-15-35-29(36-16-18)39-8-4-19(5-9-39)23-12-20(23)7-11-42-22-3-2-21(24(31)14-22)13-27(41)40-10-6-25-26(17-40)38-28(37-25)30(32,33)34/h2-3,14-16,19-20,23H,4-13,17H2,1H3,(H,37,38)/t20-,23-/m1/s1. The molecule has 42 heavy (non-hydrogen) atoms. The molecule has 1 aromatic carbocycles. The summed E-state index contributed by atoms with van der Waals surface area (Å²) in [6.45, 7) is 4.67. The molecule has 1 aliphatic carbocycles. The zero-order valence-corrected chi connectivity index (χ0v) is 23.5. The molecule has 1 saturated heterocycles. The first-order chi connectivity index (χ1) is 20.1. The lowest BCUT2D eigenvalue weighted by Gasteiger charge is -2.32. The third-order valence-electron chi connectivity index (χ3n) is 8.75. The maximum absolute atomic E-state index is 14.8. The predicted molar refractivity (Wildman–Crippen MR) is 146 cm³/mol. The van der Waals surface area contributed by atoms with Crippen molar-refractivity contribution in [2.24, 2.45) is 17.8 Å². The number of aromatic nitrogens is 4. The number of hydrogen-bond acceptors (Lipinski definition) is 6. The van der Waals surface area contributed by atoms with E-state index in [0.29, 0.717) is 35.8 Å². The highest BCUT2D eigenvalue weighted by atomic mass is 19.4. The second-order valence-electron chi connectivity index (χ2n) is 11.7. The second kappa shape index (κ2) is 11.5. The molecular formula is C30H34F4N6O2. The lowest BCUT2D eigenvalue weighted by atomic mass is 9.90. The van der Waals surface area contributed by atoms with Gasteiger partial charge in [0.15, 0.2) is 0 Å². The third kappa shape index (κ3) is 6.37. The van der Waals surface area contributed by atoms with Crippen molar-refractivity contribution in [3.63, 3.8) is 0 Å². The van der Waals surface area contributed by atoms with Crippen LogP contribution in [0, 0.1) is 30.5 Å². The summed E-state index contributed by atoms with van der Waals surface area (Å²) in [7, 11) is 0. The van der Waals surface area contributed by atoms with Gasteiger partial charge in [0.1, 0.15) is 11.6 Å². The van der Waals surface area contributed by atoms with Gasteiger partial charge in [0.05, 0.1) is 31.0 Å². The molecule has 4 heterocycles. The van der Waals surface area contributed by atoms with Crippen LogP contribution in [0.5, 0.6) is 5.75 Å². The molecule has 3 aromatic rings. The van der Waals surface area contributed by atoms with Crippen LogP contribution in [-0.2, 0) is 30.4 Å². The van der Waals surface area contributed by atoms with Crippen LogP contribution in [0.2, 0.25) is 0 Å². The molecule has 1 saturated carbocycles. The summed E-state index contributed by atoms with van der Waals surface area (Å²) in [5.41, 5.74) is 1.87. The molecule has 1 amide bonds. The Morgan fingerprint density at radius 2 is 1.90 bits per heavy atom. The van der Waals surface area contributed by atoms with Crippen LogP contribution >= 0.6 is 0 Å². The van der Waals surface area contributed by atoms with Crippen LogP contribution in [0.25, 0.3) is 0 Å². The summed E-state index contributed by atoms with van der Waals surface area (Å²) in [5.74, 6) is 1.34. The maximum Gasteiger partial charge on any atom is 0.449 e. The lowest BCUT2D eigenvalue weighted by Crippen LogP contribution is -2.37. The first-order valence-electron chi connectivity index (χ1n) is 14.5. The molecule has 0 radical (unpaired) electrons. The first kappa shape index (κ1) is 28.4. The molecule has 0 spiro atoms. The summed E-state index contributed by atoms with van der Waals surface area (Å²) in [4.78, 5) is 31.3. The maximum atomic E-state index is 14.8. The van der Waals surface area contributed by atoms with E-state index < -0.39 is 17.8 Å². The molecule has 0 unspecified atom stereocenters. The Balaban J connectivity index is 0.929. The summed E-state index contributed by atoms with van der Waals surface area (Å²) >= 11 is 0. The molecule has 2 aliphatic heterocycles. The molecule has 2 atom stereocenters.